The molecular weight excluding hydrogens is 236 g/mol. The van der Waals surface area contributed by atoms with Gasteiger partial charge < -0.3 is 0 Å². The van der Waals surface area contributed by atoms with Crippen LogP contribution in [0.3, 0.4) is 0 Å². The van der Waals surface area contributed by atoms with Gasteiger partial charge in [-0.2, -0.15) is 0 Å². The number of halogens is 1. The lowest BCUT2D eigenvalue weighted by molar-refractivity contribution is 0.514. The van der Waals surface area contributed by atoms with Gasteiger partial charge in [0.15, 0.2) is 0 Å². The molecule has 0 saturated heterocycles. The Morgan fingerprint density at radius 1 is 1.21 bits per heavy atom. The lowest BCUT2D eigenvalue weighted by Gasteiger charge is -2.13. The van der Waals surface area contributed by atoms with Crippen molar-refractivity contribution in [3.63, 3.8) is 0 Å². The van der Waals surface area contributed by atoms with Crippen molar-refractivity contribution in [3.05, 3.63) is 35.9 Å². The monoisotopic (exact) mass is 254 g/mol. The van der Waals surface area contributed by atoms with Gasteiger partial charge in [0.2, 0.25) is 0 Å². The van der Waals surface area contributed by atoms with Crippen molar-refractivity contribution in [2.75, 3.05) is 5.33 Å². The molecule has 78 valence electrons. The van der Waals surface area contributed by atoms with Gasteiger partial charge in [0, 0.05) is 5.33 Å². The summed E-state index contributed by atoms with van der Waals surface area (Å²) in [5.41, 5.74) is 1.47. The summed E-state index contributed by atoms with van der Waals surface area (Å²) < 4.78 is 0. The molecule has 0 aliphatic carbocycles. The summed E-state index contributed by atoms with van der Waals surface area (Å²) in [7, 11) is 0. The van der Waals surface area contributed by atoms with Crippen LogP contribution in [0.1, 0.15) is 31.7 Å². The number of alkyl halides is 1. The Morgan fingerprint density at radius 2 is 1.93 bits per heavy atom. The van der Waals surface area contributed by atoms with Crippen LogP contribution < -0.4 is 0 Å². The van der Waals surface area contributed by atoms with E-state index in [1.165, 1.54) is 31.2 Å². The molecule has 0 amide bonds. The van der Waals surface area contributed by atoms with Gasteiger partial charge in [0.25, 0.3) is 0 Å². The summed E-state index contributed by atoms with van der Waals surface area (Å²) in [6.45, 7) is 2.26. The van der Waals surface area contributed by atoms with Crippen LogP contribution in [-0.2, 0) is 6.42 Å². The lowest BCUT2D eigenvalue weighted by atomic mass is 9.96. The third-order valence-corrected chi connectivity index (χ3v) is 3.47. The van der Waals surface area contributed by atoms with E-state index in [2.05, 4.69) is 53.2 Å². The minimum Gasteiger partial charge on any atom is -0.0925 e. The van der Waals surface area contributed by atoms with Crippen LogP contribution >= 0.6 is 15.9 Å². The summed E-state index contributed by atoms with van der Waals surface area (Å²) in [6, 6.07) is 10.8. The van der Waals surface area contributed by atoms with Gasteiger partial charge in [-0.1, -0.05) is 66.0 Å². The second-order valence-electron chi connectivity index (χ2n) is 3.85. The molecule has 0 heterocycles. The molecule has 1 unspecified atom stereocenters. The molecule has 0 nitrogen and oxygen atoms in total. The van der Waals surface area contributed by atoms with E-state index in [9.17, 15) is 0 Å². The maximum Gasteiger partial charge on any atom is 0.00628 e. The molecule has 1 aromatic rings. The van der Waals surface area contributed by atoms with E-state index in [4.69, 9.17) is 0 Å². The second-order valence-corrected chi connectivity index (χ2v) is 4.50. The van der Waals surface area contributed by atoms with Crippen molar-refractivity contribution in [1.29, 1.82) is 0 Å². The molecule has 0 radical (unpaired) electrons. The normalized spacial score (nSPS) is 12.7. The quantitative estimate of drug-likeness (QED) is 0.659. The molecule has 0 fully saturated rings. The molecule has 0 aliphatic heterocycles. The molecular formula is C13H19Br. The highest BCUT2D eigenvalue weighted by atomic mass is 79.9. The van der Waals surface area contributed by atoms with Crippen LogP contribution in [0.4, 0.5) is 0 Å². The van der Waals surface area contributed by atoms with Crippen molar-refractivity contribution in [3.8, 4) is 0 Å². The second kappa shape index (κ2) is 7.05. The summed E-state index contributed by atoms with van der Waals surface area (Å²) in [5, 5.41) is 1.13. The standard InChI is InChI=1S/C13H19Br/c1-2-3-7-13(11-14)10-12-8-5-4-6-9-12/h4-6,8-9,13H,2-3,7,10-11H2,1H3. The van der Waals surface area contributed by atoms with E-state index < -0.39 is 0 Å². The van der Waals surface area contributed by atoms with Gasteiger partial charge in [-0.3, -0.25) is 0 Å². The van der Waals surface area contributed by atoms with E-state index in [0.29, 0.717) is 0 Å². The predicted molar refractivity (Wildman–Crippen MR) is 67.0 cm³/mol. The van der Waals surface area contributed by atoms with Crippen molar-refractivity contribution in [2.45, 2.75) is 32.6 Å². The topological polar surface area (TPSA) is 0 Å². The minimum absolute atomic E-state index is 0.803. The summed E-state index contributed by atoms with van der Waals surface area (Å²) in [6.07, 6.45) is 5.21. The molecule has 1 rings (SSSR count). The minimum atomic E-state index is 0.803. The van der Waals surface area contributed by atoms with Crippen molar-refractivity contribution < 1.29 is 0 Å². The summed E-state index contributed by atoms with van der Waals surface area (Å²) >= 11 is 3.60. The number of benzene rings is 1. The largest absolute Gasteiger partial charge is 0.0925 e. The number of hydrogen-bond donors (Lipinski definition) is 0. The molecule has 0 N–H and O–H groups in total. The van der Waals surface area contributed by atoms with Gasteiger partial charge in [-0.05, 0) is 24.3 Å². The third kappa shape index (κ3) is 4.28. The van der Waals surface area contributed by atoms with E-state index in [1.54, 1.807) is 0 Å². The highest BCUT2D eigenvalue weighted by Gasteiger charge is 2.06. The molecule has 1 atom stereocenters. The van der Waals surface area contributed by atoms with Crippen molar-refractivity contribution >= 4 is 15.9 Å². The first-order valence-electron chi connectivity index (χ1n) is 5.46. The zero-order valence-electron chi connectivity index (χ0n) is 8.88. The number of hydrogen-bond acceptors (Lipinski definition) is 0. The third-order valence-electron chi connectivity index (χ3n) is 2.55. The number of unbranched alkanes of at least 4 members (excludes halogenated alkanes) is 1. The van der Waals surface area contributed by atoms with Crippen LogP contribution in [0.2, 0.25) is 0 Å². The molecule has 0 bridgehead atoms. The summed E-state index contributed by atoms with van der Waals surface area (Å²) in [5.74, 6) is 0.803. The first kappa shape index (κ1) is 11.8. The lowest BCUT2D eigenvalue weighted by Crippen LogP contribution is -2.05. The van der Waals surface area contributed by atoms with Crippen LogP contribution in [0.15, 0.2) is 30.3 Å². The van der Waals surface area contributed by atoms with Crippen molar-refractivity contribution in [1.82, 2.24) is 0 Å². The fourth-order valence-electron chi connectivity index (χ4n) is 1.67. The Hall–Kier alpha value is -0.300. The Bertz CT molecular complexity index is 230. The molecule has 1 heteroatoms. The van der Waals surface area contributed by atoms with E-state index >= 15 is 0 Å². The molecule has 0 saturated carbocycles. The molecule has 14 heavy (non-hydrogen) atoms. The Morgan fingerprint density at radius 3 is 2.50 bits per heavy atom. The van der Waals surface area contributed by atoms with Crippen LogP contribution in [0, 0.1) is 5.92 Å². The van der Waals surface area contributed by atoms with E-state index in [1.807, 2.05) is 0 Å². The van der Waals surface area contributed by atoms with Crippen LogP contribution in [-0.4, -0.2) is 5.33 Å². The van der Waals surface area contributed by atoms with Crippen LogP contribution in [0.25, 0.3) is 0 Å². The average Bonchev–Trinajstić information content (AvgIpc) is 2.25. The van der Waals surface area contributed by atoms with Crippen molar-refractivity contribution in [2.24, 2.45) is 5.92 Å². The maximum absolute atomic E-state index is 3.60. The fraction of sp³-hybridized carbons (Fsp3) is 0.538. The van der Waals surface area contributed by atoms with Gasteiger partial charge in [0.05, 0.1) is 0 Å². The zero-order valence-corrected chi connectivity index (χ0v) is 10.5. The first-order chi connectivity index (χ1) is 6.86. The van der Waals surface area contributed by atoms with E-state index in [0.717, 1.165) is 11.2 Å². The Balaban J connectivity index is 2.40. The molecule has 1 aromatic carbocycles. The molecule has 0 aromatic heterocycles. The maximum atomic E-state index is 3.60. The Labute approximate surface area is 95.9 Å². The highest BCUT2D eigenvalue weighted by Crippen LogP contribution is 2.17. The van der Waals surface area contributed by atoms with Crippen LogP contribution in [0.5, 0.6) is 0 Å². The van der Waals surface area contributed by atoms with Gasteiger partial charge in [0.1, 0.15) is 0 Å². The molecule has 0 aliphatic rings. The zero-order chi connectivity index (χ0) is 10.2. The SMILES string of the molecule is CCCCC(CBr)Cc1ccccc1. The predicted octanol–water partition coefficient (Wildman–Crippen LogP) is 4.43. The highest BCUT2D eigenvalue weighted by molar-refractivity contribution is 9.09. The Kier molecular flexibility index (Phi) is 5.93. The van der Waals surface area contributed by atoms with Gasteiger partial charge >= 0.3 is 0 Å². The number of rotatable bonds is 6. The van der Waals surface area contributed by atoms with Gasteiger partial charge in [-0.25, -0.2) is 0 Å². The van der Waals surface area contributed by atoms with Gasteiger partial charge in [-0.15, -0.1) is 0 Å². The van der Waals surface area contributed by atoms with E-state index in [-0.39, 0.29) is 0 Å². The average molecular weight is 255 g/mol. The molecule has 0 spiro atoms. The smallest absolute Gasteiger partial charge is 0.00628 e. The first-order valence-corrected chi connectivity index (χ1v) is 6.58. The fourth-order valence-corrected chi connectivity index (χ4v) is 2.23. The summed E-state index contributed by atoms with van der Waals surface area (Å²) in [4.78, 5) is 0.